The maximum atomic E-state index is 16.1. The van der Waals surface area contributed by atoms with Crippen molar-refractivity contribution in [3.8, 4) is 39.5 Å². The van der Waals surface area contributed by atoms with Crippen LogP contribution in [0.2, 0.25) is 0 Å². The normalized spacial score (nSPS) is 16.8. The van der Waals surface area contributed by atoms with Gasteiger partial charge in [-0.15, -0.1) is 11.3 Å². The van der Waals surface area contributed by atoms with E-state index in [1.165, 1.54) is 18.4 Å². The van der Waals surface area contributed by atoms with Crippen molar-refractivity contribution in [1.82, 2.24) is 29.2 Å². The molecule has 3 atom stereocenters. The number of rotatable bonds is 7. The number of benzene rings is 2. The van der Waals surface area contributed by atoms with Crippen molar-refractivity contribution in [3.05, 3.63) is 83.9 Å². The van der Waals surface area contributed by atoms with E-state index in [-0.39, 0.29) is 46.5 Å². The molecule has 0 radical (unpaired) electrons. The lowest BCUT2D eigenvalue weighted by Crippen LogP contribution is -2.46. The van der Waals surface area contributed by atoms with Crippen LogP contribution in [-0.2, 0) is 18.4 Å². The van der Waals surface area contributed by atoms with Gasteiger partial charge in [-0.1, -0.05) is 12.6 Å². The fourth-order valence-electron chi connectivity index (χ4n) is 6.51. The molecule has 0 fully saturated rings. The molecule has 4 aromatic heterocycles. The topological polar surface area (TPSA) is 98.3 Å². The first-order valence-electron chi connectivity index (χ1n) is 15.3. The fraction of sp³-hybridized carbons (Fsp3) is 0.257. The number of fused-ring (bicyclic) bond motifs is 3. The molecule has 1 amide bonds. The van der Waals surface area contributed by atoms with Crippen LogP contribution in [0.5, 0.6) is 5.75 Å². The molecule has 2 aromatic carbocycles. The summed E-state index contributed by atoms with van der Waals surface area (Å²) in [5.41, 5.74) is 3.60. The van der Waals surface area contributed by atoms with Gasteiger partial charge in [0.15, 0.2) is 0 Å². The number of pyridine rings is 1. The van der Waals surface area contributed by atoms with Crippen LogP contribution in [0, 0.1) is 17.5 Å². The fourth-order valence-corrected chi connectivity index (χ4v) is 7.44. The van der Waals surface area contributed by atoms with E-state index in [2.05, 4.69) is 11.6 Å². The van der Waals surface area contributed by atoms with Crippen LogP contribution in [0.15, 0.2) is 60.8 Å². The third-order valence-electron chi connectivity index (χ3n) is 8.66. The van der Waals surface area contributed by atoms with E-state index in [0.717, 1.165) is 22.9 Å². The predicted molar refractivity (Wildman–Crippen MR) is 178 cm³/mol. The summed E-state index contributed by atoms with van der Waals surface area (Å²) in [7, 11) is 1.88. The Hall–Kier alpha value is -5.01. The zero-order valence-corrected chi connectivity index (χ0v) is 27.4. The lowest BCUT2D eigenvalue weighted by molar-refractivity contribution is -0.131. The van der Waals surface area contributed by atoms with Gasteiger partial charge in [0.2, 0.25) is 5.91 Å². The standard InChI is InChI=1S/C35H31F3N6O3S/c1-6-29(46)44-17(2)13-43-27(19(44)4)12-25(41-43)34-32(30-22(37)10-21(36)11-28(30)47-14-18(3)45)31-23(38)15-48-35(31)33(40-34)20-7-8-26-24(9-20)39-16-42(26)5/h6-12,15-19,45H,1,13-14H2,2-5H3. The number of hydrogen-bond acceptors (Lipinski definition) is 7. The molecule has 0 saturated heterocycles. The molecule has 5 heterocycles. The molecule has 1 aliphatic heterocycles. The predicted octanol–water partition coefficient (Wildman–Crippen LogP) is 7.04. The molecule has 1 N–H and O–H groups in total. The van der Waals surface area contributed by atoms with Gasteiger partial charge >= 0.3 is 0 Å². The molecule has 246 valence electrons. The van der Waals surface area contributed by atoms with Gasteiger partial charge < -0.3 is 19.3 Å². The van der Waals surface area contributed by atoms with E-state index in [4.69, 9.17) is 14.8 Å². The zero-order valence-electron chi connectivity index (χ0n) is 26.5. The molecule has 0 aliphatic carbocycles. The molecular formula is C35H31F3N6O3S. The Morgan fingerprint density at radius 2 is 1.94 bits per heavy atom. The first kappa shape index (κ1) is 31.6. The highest BCUT2D eigenvalue weighted by atomic mass is 32.1. The van der Waals surface area contributed by atoms with Crippen molar-refractivity contribution in [2.24, 2.45) is 7.05 Å². The van der Waals surface area contributed by atoms with E-state index in [0.29, 0.717) is 45.5 Å². The van der Waals surface area contributed by atoms with Crippen LogP contribution in [0.25, 0.3) is 54.9 Å². The van der Waals surface area contributed by atoms with Crippen molar-refractivity contribution in [2.45, 2.75) is 45.5 Å². The number of nitrogens with zero attached hydrogens (tertiary/aromatic N) is 6. The summed E-state index contributed by atoms with van der Waals surface area (Å²) >= 11 is 1.11. The Morgan fingerprint density at radius 3 is 2.69 bits per heavy atom. The van der Waals surface area contributed by atoms with Crippen molar-refractivity contribution >= 4 is 38.4 Å². The summed E-state index contributed by atoms with van der Waals surface area (Å²) in [5, 5.41) is 16.2. The first-order valence-corrected chi connectivity index (χ1v) is 16.2. The average molecular weight is 673 g/mol. The van der Waals surface area contributed by atoms with Gasteiger partial charge in [0.25, 0.3) is 0 Å². The lowest BCUT2D eigenvalue weighted by Gasteiger charge is -2.38. The van der Waals surface area contributed by atoms with E-state index in [1.54, 1.807) is 22.0 Å². The number of carbonyl (C=O) groups is 1. The molecule has 1 aliphatic rings. The summed E-state index contributed by atoms with van der Waals surface area (Å²) in [6.07, 6.45) is 2.01. The van der Waals surface area contributed by atoms with Gasteiger partial charge in [0.1, 0.15) is 41.2 Å². The minimum Gasteiger partial charge on any atom is -0.490 e. The molecule has 6 aromatic rings. The second-order valence-electron chi connectivity index (χ2n) is 12.1. The minimum atomic E-state index is -0.998. The summed E-state index contributed by atoms with van der Waals surface area (Å²) in [6.45, 7) is 9.00. The van der Waals surface area contributed by atoms with Crippen molar-refractivity contribution < 1.29 is 27.8 Å². The SMILES string of the molecule is C=CC(=O)N1C(C)Cn2nc(-c3nc(-c4ccc5c(c4)ncn5C)c4scc(F)c4c3-c3c(F)cc(F)cc3OCC(C)O)cc2C1C. The van der Waals surface area contributed by atoms with Crippen molar-refractivity contribution in [1.29, 1.82) is 0 Å². The van der Waals surface area contributed by atoms with Crippen LogP contribution >= 0.6 is 11.3 Å². The monoisotopic (exact) mass is 672 g/mol. The average Bonchev–Trinajstić information content (AvgIpc) is 3.76. The Morgan fingerprint density at radius 1 is 1.15 bits per heavy atom. The van der Waals surface area contributed by atoms with Gasteiger partial charge in [0, 0.05) is 47.1 Å². The van der Waals surface area contributed by atoms with Gasteiger partial charge in [-0.2, -0.15) is 5.10 Å². The minimum absolute atomic E-state index is 0.0275. The largest absolute Gasteiger partial charge is 0.490 e. The van der Waals surface area contributed by atoms with E-state index in [9.17, 15) is 14.3 Å². The van der Waals surface area contributed by atoms with Gasteiger partial charge in [0.05, 0.1) is 57.7 Å². The number of aromatic nitrogens is 5. The smallest absolute Gasteiger partial charge is 0.246 e. The number of carbonyl (C=O) groups excluding carboxylic acids is 1. The Labute approximate surface area is 277 Å². The zero-order chi connectivity index (χ0) is 34.0. The molecule has 0 saturated carbocycles. The lowest BCUT2D eigenvalue weighted by atomic mass is 9.94. The Kier molecular flexibility index (Phi) is 7.83. The van der Waals surface area contributed by atoms with Crippen molar-refractivity contribution in [2.75, 3.05) is 6.61 Å². The third-order valence-corrected chi connectivity index (χ3v) is 9.62. The van der Waals surface area contributed by atoms with Gasteiger partial charge in [-0.25, -0.2) is 23.1 Å². The molecule has 13 heteroatoms. The van der Waals surface area contributed by atoms with E-state index >= 15 is 8.78 Å². The van der Waals surface area contributed by atoms with E-state index < -0.39 is 29.6 Å². The maximum Gasteiger partial charge on any atom is 0.246 e. The van der Waals surface area contributed by atoms with Crippen LogP contribution in [-0.4, -0.2) is 59.0 Å². The highest BCUT2D eigenvalue weighted by Crippen LogP contribution is 2.48. The molecule has 48 heavy (non-hydrogen) atoms. The molecular weight excluding hydrogens is 641 g/mol. The third kappa shape index (κ3) is 5.13. The first-order chi connectivity index (χ1) is 23.0. The van der Waals surface area contributed by atoms with Gasteiger partial charge in [-0.3, -0.25) is 9.48 Å². The molecule has 9 nitrogen and oxygen atoms in total. The van der Waals surface area contributed by atoms with Gasteiger partial charge in [-0.05, 0) is 45.0 Å². The number of hydrogen-bond donors (Lipinski definition) is 1. The van der Waals surface area contributed by atoms with Crippen LogP contribution in [0.3, 0.4) is 0 Å². The number of aliphatic hydroxyl groups is 1. The number of halogens is 3. The Balaban J connectivity index is 1.54. The summed E-state index contributed by atoms with van der Waals surface area (Å²) < 4.78 is 56.7. The van der Waals surface area contributed by atoms with E-state index in [1.807, 2.05) is 43.7 Å². The summed E-state index contributed by atoms with van der Waals surface area (Å²) in [6, 6.07) is 8.46. The number of aryl methyl sites for hydroxylation is 1. The number of ether oxygens (including phenoxy) is 1. The quantitative estimate of drug-likeness (QED) is 0.183. The van der Waals surface area contributed by atoms with Crippen LogP contribution in [0.4, 0.5) is 13.2 Å². The maximum absolute atomic E-state index is 16.1. The molecule has 0 spiro atoms. The highest BCUT2D eigenvalue weighted by Gasteiger charge is 2.35. The second-order valence-corrected chi connectivity index (χ2v) is 12.9. The second kappa shape index (κ2) is 11.9. The summed E-state index contributed by atoms with van der Waals surface area (Å²) in [5.74, 6) is -2.99. The number of amides is 1. The summed E-state index contributed by atoms with van der Waals surface area (Å²) in [4.78, 5) is 24.0. The molecule has 0 bridgehead atoms. The van der Waals surface area contributed by atoms with Crippen LogP contribution in [0.1, 0.15) is 32.5 Å². The Bertz CT molecular complexity index is 2260. The molecule has 7 rings (SSSR count). The molecule has 3 unspecified atom stereocenters. The highest BCUT2D eigenvalue weighted by molar-refractivity contribution is 7.17. The van der Waals surface area contributed by atoms with Crippen LogP contribution < -0.4 is 4.74 Å². The number of imidazole rings is 1. The number of aliphatic hydroxyl groups excluding tert-OH is 1. The number of thiophene rings is 1. The van der Waals surface area contributed by atoms with Crippen molar-refractivity contribution in [3.63, 3.8) is 0 Å².